The molecule has 0 saturated carbocycles. The number of likely N-dealkylation sites (N-methyl/N-ethyl adjacent to an activating group) is 1. The molecule has 0 fully saturated rings. The summed E-state index contributed by atoms with van der Waals surface area (Å²) in [7, 11) is 1.92. The highest BCUT2D eigenvalue weighted by Crippen LogP contribution is 2.17. The van der Waals surface area contributed by atoms with Gasteiger partial charge in [-0.1, -0.05) is 0 Å². The predicted molar refractivity (Wildman–Crippen MR) is 101 cm³/mol. The number of aromatic amines is 1. The molecule has 9 heteroatoms. The molecule has 24 heavy (non-hydrogen) atoms. The molecule has 0 unspecified atom stereocenters. The summed E-state index contributed by atoms with van der Waals surface area (Å²) in [4.78, 5) is 18.2. The van der Waals surface area contributed by atoms with E-state index in [0.29, 0.717) is 30.8 Å². The van der Waals surface area contributed by atoms with Gasteiger partial charge in [0.25, 0.3) is 0 Å². The second-order valence-corrected chi connectivity index (χ2v) is 5.44. The highest BCUT2D eigenvalue weighted by molar-refractivity contribution is 5.92. The van der Waals surface area contributed by atoms with Crippen LogP contribution in [0, 0.1) is 0 Å². The van der Waals surface area contributed by atoms with E-state index in [0.717, 1.165) is 11.3 Å². The molecule has 4 N–H and O–H groups in total. The number of amides is 1. The van der Waals surface area contributed by atoms with Gasteiger partial charge in [0.15, 0.2) is 5.82 Å². The van der Waals surface area contributed by atoms with Crippen molar-refractivity contribution < 1.29 is 4.79 Å². The van der Waals surface area contributed by atoms with E-state index in [1.165, 1.54) is 0 Å². The number of aromatic nitrogens is 3. The summed E-state index contributed by atoms with van der Waals surface area (Å²) in [5.74, 6) is 1.20. The number of carbonyl (C=O) groups is 1. The molecule has 1 aromatic heterocycles. The Morgan fingerprint density at radius 3 is 2.42 bits per heavy atom. The normalized spacial score (nSPS) is 10.2. The van der Waals surface area contributed by atoms with E-state index >= 15 is 0 Å². The number of nitrogens with two attached hydrogens (primary N) is 1. The highest BCUT2D eigenvalue weighted by atomic mass is 35.5. The first-order chi connectivity index (χ1) is 10.5. The van der Waals surface area contributed by atoms with Crippen LogP contribution in [0.5, 0.6) is 0 Å². The molecule has 0 spiro atoms. The molecule has 1 aromatic carbocycles. The Balaban J connectivity index is 0.00000264. The van der Waals surface area contributed by atoms with Gasteiger partial charge in [-0.15, -0.1) is 24.8 Å². The third kappa shape index (κ3) is 6.09. The number of rotatable bonds is 6. The highest BCUT2D eigenvalue weighted by Gasteiger charge is 2.10. The van der Waals surface area contributed by atoms with Crippen LogP contribution in [0.4, 0.5) is 5.69 Å². The number of carbonyl (C=O) groups excluding carboxylic acids is 1. The summed E-state index contributed by atoms with van der Waals surface area (Å²) >= 11 is 0. The van der Waals surface area contributed by atoms with Crippen LogP contribution < -0.4 is 11.1 Å². The Hall–Kier alpha value is -1.67. The molecular weight excluding hydrogens is 351 g/mol. The lowest BCUT2D eigenvalue weighted by Crippen LogP contribution is -2.34. The quantitative estimate of drug-likeness (QED) is 0.718. The average Bonchev–Trinajstić information content (AvgIpc) is 2.96. The van der Waals surface area contributed by atoms with Crippen molar-refractivity contribution in [2.75, 3.05) is 18.9 Å². The minimum Gasteiger partial charge on any atom is -0.325 e. The fraction of sp³-hybridized carbons (Fsp3) is 0.400. The number of hydrogen-bond donors (Lipinski definition) is 3. The van der Waals surface area contributed by atoms with Gasteiger partial charge in [0.05, 0.1) is 13.1 Å². The molecule has 1 amide bonds. The van der Waals surface area contributed by atoms with Crippen molar-refractivity contribution in [2.45, 2.75) is 26.4 Å². The summed E-state index contributed by atoms with van der Waals surface area (Å²) in [6.07, 6.45) is 0. The third-order valence-electron chi connectivity index (χ3n) is 3.43. The van der Waals surface area contributed by atoms with Crippen LogP contribution in [-0.4, -0.2) is 45.6 Å². The standard InChI is InChI=1S/C15H22N6O.2ClH/c1-10(2)21(3)9-14(22)17-12-6-4-11(5-7-12)15-18-13(8-16)19-20-15;;/h4-7,10H,8-9,16H2,1-3H3,(H,17,22)(H,18,19,20);2*1H. The molecule has 134 valence electrons. The molecule has 0 atom stereocenters. The van der Waals surface area contributed by atoms with Crippen LogP contribution in [-0.2, 0) is 11.3 Å². The molecule has 2 rings (SSSR count). The lowest BCUT2D eigenvalue weighted by molar-refractivity contribution is -0.117. The topological polar surface area (TPSA) is 99.9 Å². The van der Waals surface area contributed by atoms with Crippen molar-refractivity contribution >= 4 is 36.4 Å². The minimum atomic E-state index is -0.0349. The van der Waals surface area contributed by atoms with Gasteiger partial charge in [0.1, 0.15) is 5.82 Å². The van der Waals surface area contributed by atoms with E-state index in [-0.39, 0.29) is 30.7 Å². The number of nitrogens with one attached hydrogen (secondary N) is 2. The van der Waals surface area contributed by atoms with E-state index in [4.69, 9.17) is 5.73 Å². The first kappa shape index (κ1) is 22.3. The average molecular weight is 375 g/mol. The lowest BCUT2D eigenvalue weighted by Gasteiger charge is -2.20. The van der Waals surface area contributed by atoms with Gasteiger partial charge in [-0.3, -0.25) is 14.8 Å². The third-order valence-corrected chi connectivity index (χ3v) is 3.43. The molecule has 0 aliphatic rings. The lowest BCUT2D eigenvalue weighted by atomic mass is 10.2. The first-order valence-corrected chi connectivity index (χ1v) is 7.21. The summed E-state index contributed by atoms with van der Waals surface area (Å²) in [5.41, 5.74) is 7.12. The van der Waals surface area contributed by atoms with Crippen LogP contribution in [0.3, 0.4) is 0 Å². The molecule has 0 aliphatic heterocycles. The summed E-state index contributed by atoms with van der Waals surface area (Å²) in [6, 6.07) is 7.73. The maximum absolute atomic E-state index is 11.9. The Kier molecular flexibility index (Phi) is 9.53. The predicted octanol–water partition coefficient (Wildman–Crippen LogP) is 2.05. The number of halogens is 2. The van der Waals surface area contributed by atoms with E-state index in [2.05, 4.69) is 34.3 Å². The van der Waals surface area contributed by atoms with Crippen LogP contribution in [0.25, 0.3) is 11.4 Å². The number of hydrogen-bond acceptors (Lipinski definition) is 5. The maximum Gasteiger partial charge on any atom is 0.238 e. The molecule has 0 saturated heterocycles. The van der Waals surface area contributed by atoms with Gasteiger partial charge < -0.3 is 11.1 Å². The van der Waals surface area contributed by atoms with E-state index in [1.54, 1.807) is 0 Å². The number of anilines is 1. The minimum absolute atomic E-state index is 0. The van der Waals surface area contributed by atoms with E-state index in [1.807, 2.05) is 36.2 Å². The first-order valence-electron chi connectivity index (χ1n) is 7.21. The molecule has 0 radical (unpaired) electrons. The number of nitrogens with zero attached hydrogens (tertiary/aromatic N) is 3. The van der Waals surface area contributed by atoms with Crippen molar-refractivity contribution in [1.82, 2.24) is 20.1 Å². The Labute approximate surface area is 154 Å². The molecule has 0 bridgehead atoms. The summed E-state index contributed by atoms with van der Waals surface area (Å²) in [5, 5.41) is 9.74. The zero-order chi connectivity index (χ0) is 16.1. The number of benzene rings is 1. The van der Waals surface area contributed by atoms with Crippen LogP contribution in [0.1, 0.15) is 19.7 Å². The van der Waals surface area contributed by atoms with Gasteiger partial charge in [0, 0.05) is 17.3 Å². The van der Waals surface area contributed by atoms with Crippen molar-refractivity contribution in [3.05, 3.63) is 30.1 Å². The van der Waals surface area contributed by atoms with Gasteiger partial charge in [-0.05, 0) is 45.2 Å². The van der Waals surface area contributed by atoms with Crippen molar-refractivity contribution in [3.63, 3.8) is 0 Å². The van der Waals surface area contributed by atoms with E-state index in [9.17, 15) is 4.79 Å². The zero-order valence-corrected chi connectivity index (χ0v) is 15.6. The maximum atomic E-state index is 11.9. The Bertz CT molecular complexity index is 629. The van der Waals surface area contributed by atoms with Gasteiger partial charge in [0.2, 0.25) is 5.91 Å². The Morgan fingerprint density at radius 2 is 1.92 bits per heavy atom. The zero-order valence-electron chi connectivity index (χ0n) is 13.9. The van der Waals surface area contributed by atoms with Crippen molar-refractivity contribution in [3.8, 4) is 11.4 Å². The van der Waals surface area contributed by atoms with E-state index < -0.39 is 0 Å². The van der Waals surface area contributed by atoms with Crippen molar-refractivity contribution in [1.29, 1.82) is 0 Å². The van der Waals surface area contributed by atoms with Gasteiger partial charge in [-0.2, -0.15) is 5.10 Å². The number of H-pyrrole nitrogens is 1. The largest absolute Gasteiger partial charge is 0.325 e. The molecule has 2 aromatic rings. The van der Waals surface area contributed by atoms with Gasteiger partial charge in [-0.25, -0.2) is 4.98 Å². The van der Waals surface area contributed by atoms with Crippen LogP contribution in [0.2, 0.25) is 0 Å². The molecular formula is C15H24Cl2N6O. The fourth-order valence-corrected chi connectivity index (χ4v) is 1.83. The van der Waals surface area contributed by atoms with Gasteiger partial charge >= 0.3 is 0 Å². The smallest absolute Gasteiger partial charge is 0.238 e. The fourth-order valence-electron chi connectivity index (χ4n) is 1.83. The molecule has 0 aliphatic carbocycles. The van der Waals surface area contributed by atoms with Crippen molar-refractivity contribution in [2.24, 2.45) is 5.73 Å². The summed E-state index contributed by atoms with van der Waals surface area (Å²) in [6.45, 7) is 4.79. The SMILES string of the molecule is CC(C)N(C)CC(=O)Nc1ccc(-c2n[nH]c(CN)n2)cc1.Cl.Cl. The Morgan fingerprint density at radius 1 is 1.29 bits per heavy atom. The molecule has 7 nitrogen and oxygen atoms in total. The molecule has 1 heterocycles. The van der Waals surface area contributed by atoms with Crippen LogP contribution >= 0.6 is 24.8 Å². The monoisotopic (exact) mass is 374 g/mol. The summed E-state index contributed by atoms with van der Waals surface area (Å²) < 4.78 is 0. The van der Waals surface area contributed by atoms with Crippen LogP contribution in [0.15, 0.2) is 24.3 Å². The second-order valence-electron chi connectivity index (χ2n) is 5.44. The second kappa shape index (κ2) is 10.2.